The molecular weight excluding hydrogens is 275 g/mol. The van der Waals surface area contributed by atoms with Crippen LogP contribution in [-0.2, 0) is 21.1 Å². The Bertz CT molecular complexity index is 580. The van der Waals surface area contributed by atoms with Crippen molar-refractivity contribution in [3.63, 3.8) is 0 Å². The predicted octanol–water partition coefficient (Wildman–Crippen LogP) is 1.91. The number of nitrogens with one attached hydrogen (secondary N) is 1. The zero-order valence-electron chi connectivity index (χ0n) is 8.95. The lowest BCUT2D eigenvalue weighted by Gasteiger charge is -2.12. The second-order valence-corrected chi connectivity index (χ2v) is 4.75. The number of benzene rings is 1. The van der Waals surface area contributed by atoms with Crippen LogP contribution in [0.25, 0.3) is 0 Å². The Labute approximate surface area is 100 Å². The average molecular weight is 283 g/mol. The molecule has 0 heterocycles. The molecule has 0 aliphatic heterocycles. The summed E-state index contributed by atoms with van der Waals surface area (Å²) in [6.07, 6.45) is -4.97. The Morgan fingerprint density at radius 1 is 1.33 bits per heavy atom. The lowest BCUT2D eigenvalue weighted by molar-refractivity contribution is -0.140. The van der Waals surface area contributed by atoms with Gasteiger partial charge in [0.2, 0.25) is 5.91 Å². The van der Waals surface area contributed by atoms with Gasteiger partial charge in [-0.1, -0.05) is 0 Å². The number of hydrogen-bond acceptors (Lipinski definition) is 3. The fourth-order valence-corrected chi connectivity index (χ4v) is 1.95. The molecular formula is C9H8F3NO4S. The van der Waals surface area contributed by atoms with Gasteiger partial charge in [0.15, 0.2) is 0 Å². The van der Waals surface area contributed by atoms with Crippen molar-refractivity contribution in [1.82, 2.24) is 0 Å². The highest BCUT2D eigenvalue weighted by atomic mass is 32.2. The first kappa shape index (κ1) is 14.5. The van der Waals surface area contributed by atoms with Crippen LogP contribution < -0.4 is 5.32 Å². The van der Waals surface area contributed by atoms with Crippen molar-refractivity contribution in [2.24, 2.45) is 0 Å². The predicted molar refractivity (Wildman–Crippen MR) is 55.6 cm³/mol. The number of anilines is 1. The van der Waals surface area contributed by atoms with E-state index in [1.165, 1.54) is 0 Å². The van der Waals surface area contributed by atoms with Gasteiger partial charge in [-0.25, -0.2) is 0 Å². The molecule has 0 unspecified atom stereocenters. The molecule has 2 N–H and O–H groups in total. The first-order chi connectivity index (χ1) is 8.01. The summed E-state index contributed by atoms with van der Waals surface area (Å²) < 4.78 is 68.1. The van der Waals surface area contributed by atoms with Crippen LogP contribution in [0.4, 0.5) is 18.9 Å². The van der Waals surface area contributed by atoms with E-state index in [1.807, 2.05) is 0 Å². The van der Waals surface area contributed by atoms with Crippen LogP contribution >= 0.6 is 0 Å². The molecule has 0 aliphatic carbocycles. The quantitative estimate of drug-likeness (QED) is 0.812. The first-order valence-electron chi connectivity index (χ1n) is 4.48. The number of carbonyl (C=O) groups is 1. The summed E-state index contributed by atoms with van der Waals surface area (Å²) in [6.45, 7) is 1.09. The summed E-state index contributed by atoms with van der Waals surface area (Å²) >= 11 is 0. The largest absolute Gasteiger partial charge is 0.417 e. The van der Waals surface area contributed by atoms with Crippen molar-refractivity contribution in [2.45, 2.75) is 18.0 Å². The van der Waals surface area contributed by atoms with Crippen LogP contribution in [0.5, 0.6) is 0 Å². The molecule has 0 bridgehead atoms. The summed E-state index contributed by atoms with van der Waals surface area (Å²) in [5.74, 6) is -0.609. The highest BCUT2D eigenvalue weighted by Crippen LogP contribution is 2.35. The minimum atomic E-state index is -4.99. The lowest BCUT2D eigenvalue weighted by atomic mass is 10.2. The minimum Gasteiger partial charge on any atom is -0.326 e. The summed E-state index contributed by atoms with van der Waals surface area (Å²) in [7, 11) is -4.99. The monoisotopic (exact) mass is 283 g/mol. The molecule has 0 atom stereocenters. The Hall–Kier alpha value is -1.61. The van der Waals surface area contributed by atoms with Crippen molar-refractivity contribution in [2.75, 3.05) is 5.32 Å². The standard InChI is InChI=1S/C9H8F3NO4S/c1-5(14)13-6-2-3-8(18(15,16)17)7(4-6)9(10,11)12/h2-4H,1H3,(H,13,14)(H,15,16,17). The van der Waals surface area contributed by atoms with Crippen LogP contribution in [0.2, 0.25) is 0 Å². The van der Waals surface area contributed by atoms with Gasteiger partial charge in [-0.3, -0.25) is 9.35 Å². The van der Waals surface area contributed by atoms with Crippen molar-refractivity contribution in [3.8, 4) is 0 Å². The number of amides is 1. The van der Waals surface area contributed by atoms with Crippen LogP contribution in [0.3, 0.4) is 0 Å². The zero-order chi connectivity index (χ0) is 14.1. The molecule has 18 heavy (non-hydrogen) atoms. The van der Waals surface area contributed by atoms with E-state index < -0.39 is 32.7 Å². The van der Waals surface area contributed by atoms with E-state index in [4.69, 9.17) is 4.55 Å². The summed E-state index contributed by atoms with van der Waals surface area (Å²) in [5.41, 5.74) is -1.77. The molecule has 0 fully saturated rings. The molecule has 100 valence electrons. The molecule has 0 saturated heterocycles. The topological polar surface area (TPSA) is 83.5 Å². The van der Waals surface area contributed by atoms with Crippen LogP contribution in [-0.4, -0.2) is 18.9 Å². The Morgan fingerprint density at radius 2 is 1.89 bits per heavy atom. The molecule has 0 radical (unpaired) electrons. The molecule has 0 aromatic heterocycles. The maximum absolute atomic E-state index is 12.6. The van der Waals surface area contributed by atoms with Crippen molar-refractivity contribution < 1.29 is 30.9 Å². The van der Waals surface area contributed by atoms with Gasteiger partial charge < -0.3 is 5.32 Å². The SMILES string of the molecule is CC(=O)Nc1ccc(S(=O)(=O)O)c(C(F)(F)F)c1. The van der Waals surface area contributed by atoms with Gasteiger partial charge in [-0.05, 0) is 18.2 Å². The molecule has 1 aromatic rings. The molecule has 0 spiro atoms. The van der Waals surface area contributed by atoms with Crippen LogP contribution in [0.15, 0.2) is 23.1 Å². The molecule has 1 aromatic carbocycles. The summed E-state index contributed by atoms with van der Waals surface area (Å²) in [4.78, 5) is 9.44. The van der Waals surface area contributed by atoms with E-state index in [2.05, 4.69) is 5.32 Å². The number of carbonyl (C=O) groups excluding carboxylic acids is 1. The number of hydrogen-bond donors (Lipinski definition) is 2. The summed E-state index contributed by atoms with van der Waals surface area (Å²) in [6, 6.07) is 1.95. The third-order valence-corrected chi connectivity index (χ3v) is 2.80. The fourth-order valence-electron chi connectivity index (χ4n) is 1.26. The number of halogens is 3. The minimum absolute atomic E-state index is 0.220. The van der Waals surface area contributed by atoms with Gasteiger partial charge in [-0.15, -0.1) is 0 Å². The van der Waals surface area contributed by atoms with Crippen molar-refractivity contribution in [1.29, 1.82) is 0 Å². The van der Waals surface area contributed by atoms with E-state index >= 15 is 0 Å². The highest BCUT2D eigenvalue weighted by molar-refractivity contribution is 7.85. The molecule has 9 heteroatoms. The van der Waals surface area contributed by atoms with Gasteiger partial charge >= 0.3 is 6.18 Å². The highest BCUT2D eigenvalue weighted by Gasteiger charge is 2.37. The molecule has 1 rings (SSSR count). The summed E-state index contributed by atoms with van der Waals surface area (Å²) in [5, 5.41) is 2.08. The molecule has 0 saturated carbocycles. The Morgan fingerprint density at radius 3 is 2.28 bits per heavy atom. The van der Waals surface area contributed by atoms with Gasteiger partial charge in [0.05, 0.1) is 5.56 Å². The lowest BCUT2D eigenvalue weighted by Crippen LogP contribution is -2.14. The normalized spacial score (nSPS) is 12.3. The smallest absolute Gasteiger partial charge is 0.326 e. The molecule has 5 nitrogen and oxygen atoms in total. The first-order valence-corrected chi connectivity index (χ1v) is 5.92. The van der Waals surface area contributed by atoms with E-state index in [-0.39, 0.29) is 5.69 Å². The van der Waals surface area contributed by atoms with Gasteiger partial charge in [0, 0.05) is 12.6 Å². The Kier molecular flexibility index (Phi) is 3.67. The van der Waals surface area contributed by atoms with E-state index in [0.29, 0.717) is 12.1 Å². The van der Waals surface area contributed by atoms with Crippen molar-refractivity contribution >= 4 is 21.7 Å². The van der Waals surface area contributed by atoms with E-state index in [0.717, 1.165) is 13.0 Å². The maximum atomic E-state index is 12.6. The zero-order valence-corrected chi connectivity index (χ0v) is 9.76. The number of alkyl halides is 3. The maximum Gasteiger partial charge on any atom is 0.417 e. The third-order valence-electron chi connectivity index (χ3n) is 1.88. The Balaban J connectivity index is 3.44. The van der Waals surface area contributed by atoms with Gasteiger partial charge in [-0.2, -0.15) is 21.6 Å². The number of rotatable bonds is 2. The van der Waals surface area contributed by atoms with Gasteiger partial charge in [0.1, 0.15) is 4.90 Å². The molecule has 1 amide bonds. The fraction of sp³-hybridized carbons (Fsp3) is 0.222. The van der Waals surface area contributed by atoms with Gasteiger partial charge in [0.25, 0.3) is 10.1 Å². The van der Waals surface area contributed by atoms with Crippen LogP contribution in [0.1, 0.15) is 12.5 Å². The van der Waals surface area contributed by atoms with E-state index in [9.17, 15) is 26.4 Å². The second kappa shape index (κ2) is 4.58. The van der Waals surface area contributed by atoms with E-state index in [1.54, 1.807) is 0 Å². The third kappa shape index (κ3) is 3.44. The average Bonchev–Trinajstić information content (AvgIpc) is 2.13. The van der Waals surface area contributed by atoms with Crippen LogP contribution in [0, 0.1) is 0 Å². The molecule has 0 aliphatic rings. The van der Waals surface area contributed by atoms with Crippen molar-refractivity contribution in [3.05, 3.63) is 23.8 Å². The second-order valence-electron chi connectivity index (χ2n) is 3.36.